The number of phenolic OH excluding ortho intramolecular Hbond substituents is 1. The minimum absolute atomic E-state index is 0.253. The average molecular weight is 442 g/mol. The lowest BCUT2D eigenvalue weighted by atomic mass is 10.1. The molecule has 0 bridgehead atoms. The second-order valence-corrected chi connectivity index (χ2v) is 7.95. The normalized spacial score (nSPS) is 13.0. The van der Waals surface area contributed by atoms with Gasteiger partial charge in [0, 0.05) is 24.9 Å². The number of benzene rings is 1. The molecule has 5 heteroatoms. The fourth-order valence-electron chi connectivity index (χ4n) is 3.13. The summed E-state index contributed by atoms with van der Waals surface area (Å²) < 4.78 is 0. The summed E-state index contributed by atoms with van der Waals surface area (Å²) >= 11 is 5.69. The minimum Gasteiger partial charge on any atom is -0.508 e. The van der Waals surface area contributed by atoms with Crippen molar-refractivity contribution < 1.29 is 5.11 Å². The second kappa shape index (κ2) is 14.6. The van der Waals surface area contributed by atoms with E-state index < -0.39 is 0 Å². The number of hydrogen-bond donors (Lipinski definition) is 2. The van der Waals surface area contributed by atoms with Crippen LogP contribution < -0.4 is 10.2 Å². The third kappa shape index (κ3) is 9.09. The Labute approximate surface area is 194 Å². The predicted octanol–water partition coefficient (Wildman–Crippen LogP) is 7.43. The molecule has 0 spiro atoms. The van der Waals surface area contributed by atoms with Gasteiger partial charge in [-0.2, -0.15) is 0 Å². The van der Waals surface area contributed by atoms with E-state index >= 15 is 0 Å². The number of nitrogens with one attached hydrogen (secondary N) is 1. The van der Waals surface area contributed by atoms with E-state index in [1.165, 1.54) is 19.3 Å². The summed E-state index contributed by atoms with van der Waals surface area (Å²) in [5.41, 5.74) is 4.59. The van der Waals surface area contributed by atoms with Crippen LogP contribution in [-0.4, -0.2) is 28.9 Å². The molecule has 170 valence electrons. The summed E-state index contributed by atoms with van der Waals surface area (Å²) in [6.45, 7) is 14.1. The molecule has 0 fully saturated rings. The SMILES string of the molecule is C\C=C/C=C(C)/C(C)=N/C(=C\C)C(=S)Nc1ccc(O)cc1N(CC)CCCCCC. The number of aliphatic imine (C=N–C) groups is 1. The van der Waals surface area contributed by atoms with E-state index in [0.717, 1.165) is 47.9 Å². The Morgan fingerprint density at radius 1 is 1.16 bits per heavy atom. The zero-order valence-electron chi connectivity index (χ0n) is 20.0. The maximum atomic E-state index is 10.1. The molecular weight excluding hydrogens is 402 g/mol. The Morgan fingerprint density at radius 2 is 1.90 bits per heavy atom. The summed E-state index contributed by atoms with van der Waals surface area (Å²) in [7, 11) is 0. The molecule has 31 heavy (non-hydrogen) atoms. The molecule has 0 aromatic heterocycles. The zero-order chi connectivity index (χ0) is 23.2. The van der Waals surface area contributed by atoms with Gasteiger partial charge in [-0.25, -0.2) is 0 Å². The molecule has 0 atom stereocenters. The standard InChI is InChI=1S/C26H39N3OS/c1-7-11-13-14-18-29(10-4)25-19-22(30)16-17-24(25)28-26(31)23(9-3)27-21(6)20(5)15-12-8-2/h8-9,12,15-17,19,30H,7,10-11,13-14,18H2,1-6H3,(H,28,31)/b12-8-,20-15+,23-9-,27-21+. The van der Waals surface area contributed by atoms with Crippen LogP contribution in [0.25, 0.3) is 0 Å². The van der Waals surface area contributed by atoms with Crippen molar-refractivity contribution in [2.24, 2.45) is 4.99 Å². The predicted molar refractivity (Wildman–Crippen MR) is 142 cm³/mol. The van der Waals surface area contributed by atoms with Gasteiger partial charge >= 0.3 is 0 Å². The van der Waals surface area contributed by atoms with Crippen molar-refractivity contribution in [1.29, 1.82) is 0 Å². The second-order valence-electron chi connectivity index (χ2n) is 7.54. The number of nitrogens with zero attached hydrogens (tertiary/aromatic N) is 2. The van der Waals surface area contributed by atoms with Crippen molar-refractivity contribution in [1.82, 2.24) is 0 Å². The third-order valence-corrected chi connectivity index (χ3v) is 5.45. The van der Waals surface area contributed by atoms with Crippen LogP contribution in [0.4, 0.5) is 11.4 Å². The van der Waals surface area contributed by atoms with Crippen LogP contribution in [0.2, 0.25) is 0 Å². The molecule has 1 aromatic rings. The fourth-order valence-corrected chi connectivity index (χ4v) is 3.40. The van der Waals surface area contributed by atoms with Gasteiger partial charge in [-0.05, 0) is 58.7 Å². The number of anilines is 2. The molecular formula is C26H39N3OS. The van der Waals surface area contributed by atoms with Crippen LogP contribution in [0.15, 0.2) is 58.8 Å². The van der Waals surface area contributed by atoms with E-state index in [2.05, 4.69) is 24.1 Å². The first-order valence-electron chi connectivity index (χ1n) is 11.3. The van der Waals surface area contributed by atoms with E-state index in [-0.39, 0.29) is 5.75 Å². The molecule has 0 heterocycles. The summed E-state index contributed by atoms with van der Waals surface area (Å²) in [4.78, 5) is 7.59. The van der Waals surface area contributed by atoms with Gasteiger partial charge < -0.3 is 15.3 Å². The van der Waals surface area contributed by atoms with Crippen LogP contribution in [0, 0.1) is 0 Å². The maximum Gasteiger partial charge on any atom is 0.129 e. The lowest BCUT2D eigenvalue weighted by molar-refractivity contribution is 0.475. The van der Waals surface area contributed by atoms with Crippen LogP contribution in [0.5, 0.6) is 5.75 Å². The number of phenols is 1. The summed E-state index contributed by atoms with van der Waals surface area (Å²) in [5.74, 6) is 0.253. The monoisotopic (exact) mass is 441 g/mol. The number of unbranched alkanes of at least 4 members (excludes halogenated alkanes) is 3. The molecule has 1 rings (SSSR count). The van der Waals surface area contributed by atoms with E-state index in [4.69, 9.17) is 17.2 Å². The highest BCUT2D eigenvalue weighted by Crippen LogP contribution is 2.31. The number of thiocarbonyl (C=S) groups is 1. The highest BCUT2D eigenvalue weighted by Gasteiger charge is 2.14. The van der Waals surface area contributed by atoms with Gasteiger partial charge in [-0.15, -0.1) is 0 Å². The van der Waals surface area contributed by atoms with E-state index in [9.17, 15) is 5.11 Å². The van der Waals surface area contributed by atoms with E-state index in [1.54, 1.807) is 6.07 Å². The van der Waals surface area contributed by atoms with Gasteiger partial charge in [0.1, 0.15) is 10.7 Å². The third-order valence-electron chi connectivity index (χ3n) is 5.14. The van der Waals surface area contributed by atoms with Gasteiger partial charge in [-0.3, -0.25) is 4.99 Å². The summed E-state index contributed by atoms with van der Waals surface area (Å²) in [5, 5.41) is 13.5. The summed E-state index contributed by atoms with van der Waals surface area (Å²) in [6.07, 6.45) is 12.8. The highest BCUT2D eigenvalue weighted by molar-refractivity contribution is 7.81. The van der Waals surface area contributed by atoms with E-state index in [1.807, 2.05) is 64.1 Å². The zero-order valence-corrected chi connectivity index (χ0v) is 20.9. The van der Waals surface area contributed by atoms with Gasteiger partial charge in [0.25, 0.3) is 0 Å². The van der Waals surface area contributed by atoms with E-state index in [0.29, 0.717) is 4.99 Å². The minimum atomic E-state index is 0.253. The Morgan fingerprint density at radius 3 is 2.52 bits per heavy atom. The topological polar surface area (TPSA) is 47.9 Å². The first kappa shape index (κ1) is 26.6. The average Bonchev–Trinajstić information content (AvgIpc) is 2.76. The lowest BCUT2D eigenvalue weighted by Crippen LogP contribution is -2.25. The molecule has 0 aliphatic heterocycles. The summed E-state index contributed by atoms with van der Waals surface area (Å²) in [6, 6.07) is 5.38. The van der Waals surface area contributed by atoms with Gasteiger partial charge in [0.2, 0.25) is 0 Å². The largest absolute Gasteiger partial charge is 0.508 e. The van der Waals surface area contributed by atoms with Gasteiger partial charge in [-0.1, -0.05) is 62.7 Å². The van der Waals surface area contributed by atoms with Crippen molar-refractivity contribution in [3.05, 3.63) is 53.8 Å². The molecule has 0 saturated carbocycles. The van der Waals surface area contributed by atoms with Crippen molar-refractivity contribution >= 4 is 34.3 Å². The van der Waals surface area contributed by atoms with Gasteiger partial charge in [0.15, 0.2) is 0 Å². The first-order valence-corrected chi connectivity index (χ1v) is 11.7. The Bertz CT molecular complexity index is 837. The molecule has 4 nitrogen and oxygen atoms in total. The Kier molecular flexibility index (Phi) is 12.5. The molecule has 1 aromatic carbocycles. The smallest absolute Gasteiger partial charge is 0.129 e. The van der Waals surface area contributed by atoms with Crippen molar-refractivity contribution in [2.75, 3.05) is 23.3 Å². The number of rotatable bonds is 12. The van der Waals surface area contributed by atoms with Crippen LogP contribution in [-0.2, 0) is 0 Å². The Hall–Kier alpha value is -2.40. The van der Waals surface area contributed by atoms with Crippen LogP contribution >= 0.6 is 12.2 Å². The van der Waals surface area contributed by atoms with Crippen molar-refractivity contribution in [3.8, 4) is 5.75 Å². The van der Waals surface area contributed by atoms with Crippen molar-refractivity contribution in [3.63, 3.8) is 0 Å². The molecule has 0 amide bonds. The molecule has 0 aliphatic rings. The first-order chi connectivity index (χ1) is 14.9. The quantitative estimate of drug-likeness (QED) is 0.0884. The molecule has 2 N–H and O–H groups in total. The number of allylic oxidation sites excluding steroid dienone is 5. The molecule has 0 unspecified atom stereocenters. The number of hydrogen-bond acceptors (Lipinski definition) is 4. The lowest BCUT2D eigenvalue weighted by Gasteiger charge is -2.26. The highest BCUT2D eigenvalue weighted by atomic mass is 32.1. The molecule has 0 aliphatic carbocycles. The van der Waals surface area contributed by atoms with Gasteiger partial charge in [0.05, 0.1) is 17.1 Å². The van der Waals surface area contributed by atoms with Crippen LogP contribution in [0.1, 0.15) is 67.2 Å². The molecule has 0 saturated heterocycles. The Balaban J connectivity index is 3.08. The fraction of sp³-hybridized carbons (Fsp3) is 0.462. The van der Waals surface area contributed by atoms with Crippen molar-refractivity contribution in [2.45, 2.75) is 67.2 Å². The van der Waals surface area contributed by atoms with Crippen LogP contribution in [0.3, 0.4) is 0 Å². The maximum absolute atomic E-state index is 10.1. The molecule has 0 radical (unpaired) electrons. The number of aromatic hydroxyl groups is 1.